The van der Waals surface area contributed by atoms with Gasteiger partial charge in [0.05, 0.1) is 12.4 Å². The molecule has 0 radical (unpaired) electrons. The Morgan fingerprint density at radius 2 is 1.95 bits per heavy atom. The molecule has 1 aliphatic rings. The predicted molar refractivity (Wildman–Crippen MR) is 75.4 cm³/mol. The van der Waals surface area contributed by atoms with Crippen molar-refractivity contribution >= 4 is 22.1 Å². The molecule has 1 amide bonds. The van der Waals surface area contributed by atoms with Crippen LogP contribution in [0.1, 0.15) is 32.6 Å². The van der Waals surface area contributed by atoms with Crippen molar-refractivity contribution in [2.24, 2.45) is 0 Å². The van der Waals surface area contributed by atoms with E-state index in [1.165, 1.54) is 0 Å². The maximum atomic E-state index is 11.8. The van der Waals surface area contributed by atoms with Crippen LogP contribution in [0.25, 0.3) is 0 Å². The monoisotopic (exact) mass is 322 g/mol. The normalized spacial score (nSPS) is 16.7. The molecule has 122 valence electrons. The first-order valence-corrected chi connectivity index (χ1v) is 8.62. The summed E-state index contributed by atoms with van der Waals surface area (Å²) < 4.78 is 31.0. The Balaban J connectivity index is 2.34. The molecule has 0 spiro atoms. The standard InChI is InChI=1S/C12H22N2O6S/c1-2-20-12(17)14-7-5-10(6-8-14)13-21(18,19)9-3-4-11(15)16/h10,13H,2-9H2,1H3,(H,15,16). The molecule has 8 nitrogen and oxygen atoms in total. The second-order valence-electron chi connectivity index (χ2n) is 4.89. The second-order valence-corrected chi connectivity index (χ2v) is 6.77. The first kappa shape index (κ1) is 17.7. The highest BCUT2D eigenvalue weighted by molar-refractivity contribution is 7.89. The smallest absolute Gasteiger partial charge is 0.409 e. The van der Waals surface area contributed by atoms with Gasteiger partial charge in [0.1, 0.15) is 0 Å². The molecule has 0 unspecified atom stereocenters. The molecule has 21 heavy (non-hydrogen) atoms. The number of sulfonamides is 1. The summed E-state index contributed by atoms with van der Waals surface area (Å²) in [6, 6.07) is -0.217. The van der Waals surface area contributed by atoms with Crippen LogP contribution in [0.5, 0.6) is 0 Å². The first-order chi connectivity index (χ1) is 9.84. The second kappa shape index (κ2) is 8.18. The van der Waals surface area contributed by atoms with E-state index in [0.29, 0.717) is 32.5 Å². The molecular formula is C12H22N2O6S. The summed E-state index contributed by atoms with van der Waals surface area (Å²) in [6.07, 6.45) is 0.600. The number of rotatable bonds is 7. The quantitative estimate of drug-likeness (QED) is 0.701. The van der Waals surface area contributed by atoms with Gasteiger partial charge < -0.3 is 14.7 Å². The summed E-state index contributed by atoms with van der Waals surface area (Å²) >= 11 is 0. The number of hydrogen-bond acceptors (Lipinski definition) is 5. The van der Waals surface area contributed by atoms with Crippen LogP contribution in [0.2, 0.25) is 0 Å². The lowest BCUT2D eigenvalue weighted by Crippen LogP contribution is -2.47. The van der Waals surface area contributed by atoms with E-state index in [9.17, 15) is 18.0 Å². The first-order valence-electron chi connectivity index (χ1n) is 6.97. The number of piperidine rings is 1. The van der Waals surface area contributed by atoms with Crippen LogP contribution in [0.4, 0.5) is 4.79 Å². The van der Waals surface area contributed by atoms with E-state index >= 15 is 0 Å². The van der Waals surface area contributed by atoms with Crippen molar-refractivity contribution in [3.63, 3.8) is 0 Å². The molecule has 0 aromatic carbocycles. The van der Waals surface area contributed by atoms with E-state index < -0.39 is 16.0 Å². The Kier molecular flexibility index (Phi) is 6.90. The summed E-state index contributed by atoms with van der Waals surface area (Å²) in [6.45, 7) is 2.94. The highest BCUT2D eigenvalue weighted by Gasteiger charge is 2.26. The number of likely N-dealkylation sites (tertiary alicyclic amines) is 1. The van der Waals surface area contributed by atoms with E-state index in [4.69, 9.17) is 9.84 Å². The molecule has 1 saturated heterocycles. The van der Waals surface area contributed by atoms with Gasteiger partial charge in [-0.2, -0.15) is 0 Å². The zero-order chi connectivity index (χ0) is 15.9. The third-order valence-electron chi connectivity index (χ3n) is 3.17. The molecule has 1 rings (SSSR count). The Labute approximate surface area is 124 Å². The number of amides is 1. The van der Waals surface area contributed by atoms with Crippen molar-refractivity contribution < 1.29 is 27.9 Å². The number of ether oxygens (including phenoxy) is 1. The molecule has 1 heterocycles. The minimum Gasteiger partial charge on any atom is -0.481 e. The lowest BCUT2D eigenvalue weighted by Gasteiger charge is -2.31. The fourth-order valence-electron chi connectivity index (χ4n) is 2.12. The topological polar surface area (TPSA) is 113 Å². The molecule has 0 aromatic heterocycles. The largest absolute Gasteiger partial charge is 0.481 e. The fraction of sp³-hybridized carbons (Fsp3) is 0.833. The number of nitrogens with one attached hydrogen (secondary N) is 1. The average molecular weight is 322 g/mol. The van der Waals surface area contributed by atoms with Crippen molar-refractivity contribution in [1.82, 2.24) is 9.62 Å². The molecule has 0 atom stereocenters. The number of nitrogens with zero attached hydrogens (tertiary/aromatic N) is 1. The van der Waals surface area contributed by atoms with Crippen LogP contribution < -0.4 is 4.72 Å². The number of carbonyl (C=O) groups excluding carboxylic acids is 1. The van der Waals surface area contributed by atoms with Crippen LogP contribution >= 0.6 is 0 Å². The van der Waals surface area contributed by atoms with Crippen molar-refractivity contribution in [1.29, 1.82) is 0 Å². The maximum Gasteiger partial charge on any atom is 0.409 e. The summed E-state index contributed by atoms with van der Waals surface area (Å²) in [7, 11) is -3.47. The highest BCUT2D eigenvalue weighted by atomic mass is 32.2. The third-order valence-corrected chi connectivity index (χ3v) is 4.69. The zero-order valence-electron chi connectivity index (χ0n) is 12.1. The van der Waals surface area contributed by atoms with Crippen LogP contribution in [0.15, 0.2) is 0 Å². The van der Waals surface area contributed by atoms with E-state index in [1.54, 1.807) is 11.8 Å². The third kappa shape index (κ3) is 6.76. The summed E-state index contributed by atoms with van der Waals surface area (Å²) in [5, 5.41) is 8.49. The number of carboxylic acids is 1. The fourth-order valence-corrected chi connectivity index (χ4v) is 3.51. The zero-order valence-corrected chi connectivity index (χ0v) is 12.9. The summed E-state index contributed by atoms with van der Waals surface area (Å²) in [5.41, 5.74) is 0. The molecule has 1 fully saturated rings. The predicted octanol–water partition coefficient (Wildman–Crippen LogP) is 0.392. The van der Waals surface area contributed by atoms with Crippen molar-refractivity contribution in [2.75, 3.05) is 25.4 Å². The number of carbonyl (C=O) groups is 2. The molecule has 0 saturated carbocycles. The molecule has 1 aliphatic heterocycles. The van der Waals surface area contributed by atoms with Gasteiger partial charge in [-0.15, -0.1) is 0 Å². The SMILES string of the molecule is CCOC(=O)N1CCC(NS(=O)(=O)CCCC(=O)O)CC1. The van der Waals surface area contributed by atoms with Crippen LogP contribution in [-0.2, 0) is 19.6 Å². The molecule has 2 N–H and O–H groups in total. The van der Waals surface area contributed by atoms with Crippen molar-refractivity contribution in [2.45, 2.75) is 38.6 Å². The maximum absolute atomic E-state index is 11.8. The lowest BCUT2D eigenvalue weighted by atomic mass is 10.1. The number of carboxylic acid groups (broad SMARTS) is 1. The van der Waals surface area contributed by atoms with Gasteiger partial charge in [0.15, 0.2) is 0 Å². The van der Waals surface area contributed by atoms with E-state index in [1.807, 2.05) is 0 Å². The van der Waals surface area contributed by atoms with E-state index in [2.05, 4.69) is 4.72 Å². The van der Waals surface area contributed by atoms with Gasteiger partial charge in [-0.1, -0.05) is 0 Å². The average Bonchev–Trinajstić information content (AvgIpc) is 2.38. The Morgan fingerprint density at radius 1 is 1.33 bits per heavy atom. The van der Waals surface area contributed by atoms with E-state index in [0.717, 1.165) is 0 Å². The van der Waals surface area contributed by atoms with Crippen molar-refractivity contribution in [3.05, 3.63) is 0 Å². The summed E-state index contributed by atoms with van der Waals surface area (Å²) in [5.74, 6) is -1.20. The van der Waals surface area contributed by atoms with Gasteiger partial charge in [-0.25, -0.2) is 17.9 Å². The number of hydrogen-bond donors (Lipinski definition) is 2. The molecule has 0 aliphatic carbocycles. The Morgan fingerprint density at radius 3 is 2.48 bits per heavy atom. The van der Waals surface area contributed by atoms with Crippen LogP contribution in [0, 0.1) is 0 Å². The van der Waals surface area contributed by atoms with Crippen molar-refractivity contribution in [3.8, 4) is 0 Å². The van der Waals surface area contributed by atoms with Gasteiger partial charge >= 0.3 is 12.1 Å². The van der Waals surface area contributed by atoms with Crippen LogP contribution in [0.3, 0.4) is 0 Å². The summed E-state index contributed by atoms with van der Waals surface area (Å²) in [4.78, 5) is 23.4. The van der Waals surface area contributed by atoms with Crippen LogP contribution in [-0.4, -0.2) is 62.0 Å². The molecule has 9 heteroatoms. The van der Waals surface area contributed by atoms with Gasteiger partial charge in [-0.3, -0.25) is 4.79 Å². The highest BCUT2D eigenvalue weighted by Crippen LogP contribution is 2.12. The van der Waals surface area contributed by atoms with Gasteiger partial charge in [0, 0.05) is 25.6 Å². The van der Waals surface area contributed by atoms with Gasteiger partial charge in [-0.05, 0) is 26.2 Å². The lowest BCUT2D eigenvalue weighted by molar-refractivity contribution is -0.137. The molecular weight excluding hydrogens is 300 g/mol. The Hall–Kier alpha value is -1.35. The minimum absolute atomic E-state index is 0.0896. The number of aliphatic carboxylic acids is 1. The van der Waals surface area contributed by atoms with Gasteiger partial charge in [0.25, 0.3) is 0 Å². The molecule has 0 bridgehead atoms. The Bertz CT molecular complexity index is 456. The minimum atomic E-state index is -3.47. The molecule has 0 aromatic rings. The van der Waals surface area contributed by atoms with Gasteiger partial charge in [0.2, 0.25) is 10.0 Å². The van der Waals surface area contributed by atoms with E-state index in [-0.39, 0.29) is 30.7 Å².